The lowest BCUT2D eigenvalue weighted by molar-refractivity contribution is 0.727. The fourth-order valence-electron chi connectivity index (χ4n) is 1.60. The lowest BCUT2D eigenvalue weighted by atomic mass is 10.2. The van der Waals surface area contributed by atoms with E-state index in [2.05, 4.69) is 19.1 Å². The van der Waals surface area contributed by atoms with Crippen LogP contribution in [0.4, 0.5) is 0 Å². The van der Waals surface area contributed by atoms with Gasteiger partial charge < -0.3 is 0 Å². The first-order valence-corrected chi connectivity index (χ1v) is 9.93. The lowest BCUT2D eigenvalue weighted by Gasteiger charge is -2.20. The van der Waals surface area contributed by atoms with Crippen molar-refractivity contribution in [3.05, 3.63) is 35.9 Å². The quantitative estimate of drug-likeness (QED) is 0.451. The molecule has 84 valence electrons. The highest BCUT2D eigenvalue weighted by molar-refractivity contribution is 7.45. The minimum atomic E-state index is -1.65. The van der Waals surface area contributed by atoms with E-state index in [0.29, 0.717) is 0 Å². The van der Waals surface area contributed by atoms with Gasteiger partial charge in [-0.15, -0.1) is 22.2 Å². The Kier molecular flexibility index (Phi) is 5.73. The van der Waals surface area contributed by atoms with Crippen LogP contribution in [0.2, 0.25) is 12.1 Å². The molecular weight excluding hydrogens is 243 g/mol. The van der Waals surface area contributed by atoms with Crippen molar-refractivity contribution in [3.8, 4) is 0 Å². The number of rotatable bonds is 0. The molecule has 3 heteroatoms. The van der Waals surface area contributed by atoms with Crippen LogP contribution in [0.3, 0.4) is 0 Å². The van der Waals surface area contributed by atoms with Gasteiger partial charge in [-0.2, -0.15) is 0 Å². The molecule has 0 bridgehead atoms. The molecule has 1 heterocycles. The van der Waals surface area contributed by atoms with E-state index in [4.69, 9.17) is 22.2 Å². The Morgan fingerprint density at radius 1 is 0.933 bits per heavy atom. The average Bonchev–Trinajstić information content (AvgIpc) is 2.19. The predicted octanol–water partition coefficient (Wildman–Crippen LogP) is 5.09. The molecule has 0 amide bonds. The maximum Gasteiger partial charge on any atom is 0.251 e. The summed E-state index contributed by atoms with van der Waals surface area (Å²) in [6, 6.07) is 12.5. The summed E-state index contributed by atoms with van der Waals surface area (Å²) in [5.74, 6) is 0. The molecule has 0 atom stereocenters. The van der Waals surface area contributed by atoms with E-state index in [1.807, 2.05) is 18.2 Å². The molecule has 2 rings (SSSR count). The molecule has 0 unspecified atom stereocenters. The second-order valence-corrected chi connectivity index (χ2v) is 11.7. The first-order valence-electron chi connectivity index (χ1n) is 5.50. The van der Waals surface area contributed by atoms with Crippen LogP contribution >= 0.6 is 22.2 Å². The highest BCUT2D eigenvalue weighted by atomic mass is 35.7. The van der Waals surface area contributed by atoms with Gasteiger partial charge in [-0.25, -0.2) is 0 Å². The molecule has 0 saturated carbocycles. The van der Waals surface area contributed by atoms with Crippen LogP contribution in [-0.4, -0.2) is 6.69 Å². The summed E-state index contributed by atoms with van der Waals surface area (Å²) in [6.45, 7) is 0.437. The minimum Gasteiger partial charge on any atom is -0.146 e. The van der Waals surface area contributed by atoms with E-state index in [1.54, 1.807) is 0 Å². The van der Waals surface area contributed by atoms with Gasteiger partial charge in [0, 0.05) is 0 Å². The number of halogens is 2. The SMILES string of the molecule is Cc1ccccc1.Cl[Si]1(Cl)CCCCC1. The largest absolute Gasteiger partial charge is 0.251 e. The summed E-state index contributed by atoms with van der Waals surface area (Å²) in [4.78, 5) is 0. The second-order valence-electron chi connectivity index (χ2n) is 4.07. The smallest absolute Gasteiger partial charge is 0.146 e. The van der Waals surface area contributed by atoms with Crippen molar-refractivity contribution in [2.75, 3.05) is 0 Å². The lowest BCUT2D eigenvalue weighted by Crippen LogP contribution is -2.21. The highest BCUT2D eigenvalue weighted by Gasteiger charge is 2.29. The zero-order chi connectivity index (χ0) is 11.1. The molecule has 0 aliphatic carbocycles. The third kappa shape index (κ3) is 6.24. The van der Waals surface area contributed by atoms with Gasteiger partial charge in [0.1, 0.15) is 0 Å². The maximum atomic E-state index is 5.98. The van der Waals surface area contributed by atoms with Crippen LogP contribution in [0.25, 0.3) is 0 Å². The topological polar surface area (TPSA) is 0 Å². The Bertz CT molecular complexity index is 264. The molecule has 1 fully saturated rings. The van der Waals surface area contributed by atoms with Gasteiger partial charge in [0.2, 0.25) is 0 Å². The summed E-state index contributed by atoms with van der Waals surface area (Å²) >= 11 is 12.0. The van der Waals surface area contributed by atoms with Crippen LogP contribution < -0.4 is 0 Å². The average molecular weight is 261 g/mol. The zero-order valence-corrected chi connectivity index (χ0v) is 11.7. The molecule has 0 spiro atoms. The Labute approximate surface area is 103 Å². The van der Waals surface area contributed by atoms with Gasteiger partial charge >= 0.3 is 0 Å². The van der Waals surface area contributed by atoms with E-state index in [0.717, 1.165) is 12.1 Å². The molecule has 0 nitrogen and oxygen atoms in total. The Hall–Kier alpha value is 0.0169. The number of hydrogen-bond acceptors (Lipinski definition) is 0. The zero-order valence-electron chi connectivity index (χ0n) is 9.18. The van der Waals surface area contributed by atoms with Crippen LogP contribution in [0.5, 0.6) is 0 Å². The second kappa shape index (κ2) is 6.57. The van der Waals surface area contributed by atoms with Crippen LogP contribution in [0.1, 0.15) is 24.8 Å². The first-order chi connectivity index (χ1) is 7.10. The molecule has 1 saturated heterocycles. The Morgan fingerprint density at radius 2 is 1.47 bits per heavy atom. The van der Waals surface area contributed by atoms with Crippen LogP contribution in [0.15, 0.2) is 30.3 Å². The molecule has 1 aliphatic heterocycles. The van der Waals surface area contributed by atoms with E-state index >= 15 is 0 Å². The normalized spacial score (nSPS) is 18.9. The van der Waals surface area contributed by atoms with Gasteiger partial charge in [-0.1, -0.05) is 55.2 Å². The van der Waals surface area contributed by atoms with Gasteiger partial charge in [0.25, 0.3) is 6.69 Å². The third-order valence-corrected chi connectivity index (χ3v) is 6.96. The van der Waals surface area contributed by atoms with Gasteiger partial charge in [0.05, 0.1) is 0 Å². The summed E-state index contributed by atoms with van der Waals surface area (Å²) in [6.07, 6.45) is 3.87. The summed E-state index contributed by atoms with van der Waals surface area (Å²) in [5.41, 5.74) is 1.32. The van der Waals surface area contributed by atoms with Crippen molar-refractivity contribution in [2.45, 2.75) is 38.3 Å². The van der Waals surface area contributed by atoms with E-state index in [9.17, 15) is 0 Å². The predicted molar refractivity (Wildman–Crippen MR) is 72.1 cm³/mol. The van der Waals surface area contributed by atoms with Crippen LogP contribution in [0, 0.1) is 6.92 Å². The van der Waals surface area contributed by atoms with Crippen molar-refractivity contribution < 1.29 is 0 Å². The molecule has 0 aromatic heterocycles. The number of benzene rings is 1. The molecule has 1 aromatic rings. The molecular formula is C12H18Cl2Si. The minimum absolute atomic E-state index is 1.12. The van der Waals surface area contributed by atoms with Crippen molar-refractivity contribution in [3.63, 3.8) is 0 Å². The van der Waals surface area contributed by atoms with Crippen LogP contribution in [-0.2, 0) is 0 Å². The van der Waals surface area contributed by atoms with Crippen molar-refractivity contribution in [1.29, 1.82) is 0 Å². The third-order valence-electron chi connectivity index (χ3n) is 2.53. The standard InChI is InChI=1S/C7H8.C5H10Cl2Si/c1-7-5-3-2-4-6-7;6-8(7)4-2-1-3-5-8/h2-6H,1H3;1-5H2. The van der Waals surface area contributed by atoms with Crippen molar-refractivity contribution in [2.24, 2.45) is 0 Å². The van der Waals surface area contributed by atoms with E-state index in [1.165, 1.54) is 24.8 Å². The monoisotopic (exact) mass is 260 g/mol. The molecule has 15 heavy (non-hydrogen) atoms. The van der Waals surface area contributed by atoms with E-state index < -0.39 is 6.69 Å². The number of aryl methyl sites for hydroxylation is 1. The summed E-state index contributed by atoms with van der Waals surface area (Å²) in [7, 11) is 0. The van der Waals surface area contributed by atoms with Gasteiger partial charge in [-0.05, 0) is 19.0 Å². The fourth-order valence-corrected chi connectivity index (χ4v) is 4.99. The fraction of sp³-hybridized carbons (Fsp3) is 0.500. The molecule has 1 aromatic carbocycles. The summed E-state index contributed by atoms with van der Waals surface area (Å²) < 4.78 is 0. The maximum absolute atomic E-state index is 5.98. The van der Waals surface area contributed by atoms with Crippen molar-refractivity contribution in [1.82, 2.24) is 0 Å². The van der Waals surface area contributed by atoms with E-state index in [-0.39, 0.29) is 0 Å². The first kappa shape index (κ1) is 13.1. The van der Waals surface area contributed by atoms with Gasteiger partial charge in [-0.3, -0.25) is 0 Å². The van der Waals surface area contributed by atoms with Crippen molar-refractivity contribution >= 4 is 28.9 Å². The Balaban J connectivity index is 0.000000151. The molecule has 1 aliphatic rings. The molecule has 0 N–H and O–H groups in total. The number of hydrogen-bond donors (Lipinski definition) is 0. The highest BCUT2D eigenvalue weighted by Crippen LogP contribution is 2.34. The molecule has 0 radical (unpaired) electrons. The van der Waals surface area contributed by atoms with Gasteiger partial charge in [0.15, 0.2) is 0 Å². The Morgan fingerprint density at radius 3 is 1.73 bits per heavy atom. The summed E-state index contributed by atoms with van der Waals surface area (Å²) in [5, 5.41) is 0.